The van der Waals surface area contributed by atoms with Gasteiger partial charge in [0.25, 0.3) is 0 Å². The zero-order valence-corrected chi connectivity index (χ0v) is 18.5. The van der Waals surface area contributed by atoms with E-state index < -0.39 is 12.0 Å². The molecule has 0 bridgehead atoms. The molecule has 1 atom stereocenters. The Balaban J connectivity index is 1.75. The van der Waals surface area contributed by atoms with E-state index in [9.17, 15) is 19.8 Å². The van der Waals surface area contributed by atoms with Crippen LogP contribution in [0.2, 0.25) is 0 Å². The van der Waals surface area contributed by atoms with Gasteiger partial charge in [0.15, 0.2) is 11.3 Å². The zero-order valence-electron chi connectivity index (χ0n) is 18.5. The lowest BCUT2D eigenvalue weighted by atomic mass is 9.83. The van der Waals surface area contributed by atoms with Gasteiger partial charge in [-0.3, -0.25) is 4.79 Å². The predicted octanol–water partition coefficient (Wildman–Crippen LogP) is 5.00. The highest BCUT2D eigenvalue weighted by atomic mass is 16.4. The second-order valence-corrected chi connectivity index (χ2v) is 9.23. The number of carbonyl (C=O) groups is 1. The molecule has 0 radical (unpaired) electrons. The summed E-state index contributed by atoms with van der Waals surface area (Å²) in [5.41, 5.74) is 1.60. The Hall–Kier alpha value is -3.48. The van der Waals surface area contributed by atoms with Crippen LogP contribution in [0.15, 0.2) is 51.7 Å². The van der Waals surface area contributed by atoms with Crippen molar-refractivity contribution in [2.45, 2.75) is 39.7 Å². The van der Waals surface area contributed by atoms with Gasteiger partial charge in [-0.15, -0.1) is 0 Å². The number of phenols is 1. The van der Waals surface area contributed by atoms with Gasteiger partial charge in [0.1, 0.15) is 11.3 Å². The summed E-state index contributed by atoms with van der Waals surface area (Å²) in [6.45, 7) is 7.92. The first-order chi connectivity index (χ1) is 15.1. The van der Waals surface area contributed by atoms with Crippen LogP contribution in [0.4, 0.5) is 11.6 Å². The summed E-state index contributed by atoms with van der Waals surface area (Å²) >= 11 is 0. The average Bonchev–Trinajstić information content (AvgIpc) is 2.74. The van der Waals surface area contributed by atoms with Crippen LogP contribution in [0.1, 0.15) is 55.6 Å². The molecular formula is C25H28N2O5. The SMILES string of the molecule is C[C@@H](Nc1ccccc1C(=O)O)c1cc(O)cc2c(=O)cc(N3CCC(C)(C)CC3)oc12. The molecule has 3 N–H and O–H groups in total. The molecule has 4 rings (SSSR count). The summed E-state index contributed by atoms with van der Waals surface area (Å²) in [5, 5.41) is 23.2. The first-order valence-corrected chi connectivity index (χ1v) is 10.8. The van der Waals surface area contributed by atoms with Gasteiger partial charge in [-0.1, -0.05) is 26.0 Å². The van der Waals surface area contributed by atoms with E-state index in [1.807, 2.05) is 6.92 Å². The second kappa shape index (κ2) is 8.22. The standard InChI is InChI=1S/C25H28N2O5/c1-15(26-20-7-5-4-6-17(20)24(30)31)18-12-16(28)13-19-21(29)14-22(32-23(18)19)27-10-8-25(2,3)9-11-27/h4-7,12-15,26,28H,8-11H2,1-3H3,(H,30,31)/t15-/m1/s1. The normalized spacial score (nSPS) is 16.7. The first-order valence-electron chi connectivity index (χ1n) is 10.8. The molecule has 1 aliphatic heterocycles. The van der Waals surface area contributed by atoms with Crippen molar-refractivity contribution in [2.24, 2.45) is 5.41 Å². The summed E-state index contributed by atoms with van der Waals surface area (Å²) in [6.07, 6.45) is 2.00. The monoisotopic (exact) mass is 436 g/mol. The van der Waals surface area contributed by atoms with Crippen LogP contribution in [0.25, 0.3) is 11.0 Å². The number of anilines is 2. The third kappa shape index (κ3) is 4.28. The van der Waals surface area contributed by atoms with Gasteiger partial charge in [-0.2, -0.15) is 0 Å². The van der Waals surface area contributed by atoms with Gasteiger partial charge in [0, 0.05) is 30.4 Å². The molecule has 168 valence electrons. The van der Waals surface area contributed by atoms with Crippen molar-refractivity contribution in [3.63, 3.8) is 0 Å². The maximum Gasteiger partial charge on any atom is 0.337 e. The highest BCUT2D eigenvalue weighted by Crippen LogP contribution is 2.35. The number of nitrogens with zero attached hydrogens (tertiary/aromatic N) is 1. The highest BCUT2D eigenvalue weighted by molar-refractivity contribution is 5.94. The Morgan fingerprint density at radius 1 is 1.16 bits per heavy atom. The van der Waals surface area contributed by atoms with Crippen LogP contribution in [-0.2, 0) is 0 Å². The van der Waals surface area contributed by atoms with Gasteiger partial charge in [-0.05, 0) is 49.4 Å². The number of aromatic carboxylic acids is 1. The Morgan fingerprint density at radius 2 is 1.84 bits per heavy atom. The van der Waals surface area contributed by atoms with Crippen LogP contribution in [0.5, 0.6) is 5.75 Å². The average molecular weight is 437 g/mol. The quantitative estimate of drug-likeness (QED) is 0.517. The van der Waals surface area contributed by atoms with Crippen molar-refractivity contribution < 1.29 is 19.4 Å². The zero-order chi connectivity index (χ0) is 23.0. The number of rotatable bonds is 5. The van der Waals surface area contributed by atoms with E-state index in [-0.39, 0.29) is 22.2 Å². The molecule has 1 aliphatic rings. The Labute approximate surface area is 186 Å². The molecule has 0 spiro atoms. The Kier molecular flexibility index (Phi) is 5.59. The number of piperidine rings is 1. The predicted molar refractivity (Wildman–Crippen MR) is 125 cm³/mol. The maximum absolute atomic E-state index is 12.9. The molecule has 7 nitrogen and oxygen atoms in total. The fourth-order valence-electron chi connectivity index (χ4n) is 4.17. The number of phenolic OH excluding ortho intramolecular Hbond substituents is 1. The number of para-hydroxylation sites is 1. The Bertz CT molecular complexity index is 1220. The molecule has 32 heavy (non-hydrogen) atoms. The van der Waals surface area contributed by atoms with Crippen molar-refractivity contribution >= 4 is 28.5 Å². The molecule has 7 heteroatoms. The summed E-state index contributed by atoms with van der Waals surface area (Å²) in [4.78, 5) is 26.6. The molecule has 1 saturated heterocycles. The smallest absolute Gasteiger partial charge is 0.337 e. The largest absolute Gasteiger partial charge is 0.508 e. The van der Waals surface area contributed by atoms with Crippen molar-refractivity contribution in [2.75, 3.05) is 23.3 Å². The molecule has 0 saturated carbocycles. The minimum absolute atomic E-state index is 0.0487. The topological polar surface area (TPSA) is 103 Å². The molecule has 1 aromatic heterocycles. The first kappa shape index (κ1) is 21.7. The lowest BCUT2D eigenvalue weighted by Gasteiger charge is -2.37. The number of carboxylic acid groups (broad SMARTS) is 1. The van der Waals surface area contributed by atoms with Crippen LogP contribution in [0, 0.1) is 5.41 Å². The van der Waals surface area contributed by atoms with Crippen LogP contribution in [0.3, 0.4) is 0 Å². The van der Waals surface area contributed by atoms with E-state index in [0.717, 1.165) is 25.9 Å². The number of fused-ring (bicyclic) bond motifs is 1. The van der Waals surface area contributed by atoms with Crippen LogP contribution >= 0.6 is 0 Å². The van der Waals surface area contributed by atoms with Crippen molar-refractivity contribution in [3.05, 3.63) is 63.8 Å². The number of carboxylic acids is 1. The third-order valence-electron chi connectivity index (χ3n) is 6.25. The lowest BCUT2D eigenvalue weighted by Crippen LogP contribution is -2.37. The minimum Gasteiger partial charge on any atom is -0.508 e. The number of nitrogens with one attached hydrogen (secondary N) is 1. The fourth-order valence-corrected chi connectivity index (χ4v) is 4.17. The second-order valence-electron chi connectivity index (χ2n) is 9.23. The number of hydrogen-bond donors (Lipinski definition) is 3. The molecule has 2 heterocycles. The fraction of sp³-hybridized carbons (Fsp3) is 0.360. The molecule has 0 aliphatic carbocycles. The molecule has 1 fully saturated rings. The summed E-state index contributed by atoms with van der Waals surface area (Å²) in [7, 11) is 0. The number of hydrogen-bond acceptors (Lipinski definition) is 6. The minimum atomic E-state index is -1.04. The van der Waals surface area contributed by atoms with Gasteiger partial charge in [0.05, 0.1) is 17.0 Å². The van der Waals surface area contributed by atoms with E-state index in [1.54, 1.807) is 24.3 Å². The van der Waals surface area contributed by atoms with Gasteiger partial charge in [0.2, 0.25) is 0 Å². The van der Waals surface area contributed by atoms with Crippen LogP contribution in [-0.4, -0.2) is 29.3 Å². The third-order valence-corrected chi connectivity index (χ3v) is 6.25. The maximum atomic E-state index is 12.9. The van der Waals surface area contributed by atoms with E-state index in [2.05, 4.69) is 24.1 Å². The summed E-state index contributed by atoms with van der Waals surface area (Å²) in [5.74, 6) is -0.571. The van der Waals surface area contributed by atoms with E-state index in [0.29, 0.717) is 28.1 Å². The van der Waals surface area contributed by atoms with Gasteiger partial charge >= 0.3 is 5.97 Å². The molecule has 3 aromatic rings. The van der Waals surface area contributed by atoms with Gasteiger partial charge < -0.3 is 24.8 Å². The number of aromatic hydroxyl groups is 1. The van der Waals surface area contributed by atoms with E-state index in [4.69, 9.17) is 4.42 Å². The van der Waals surface area contributed by atoms with Crippen molar-refractivity contribution in [3.8, 4) is 5.75 Å². The summed E-state index contributed by atoms with van der Waals surface area (Å²) < 4.78 is 6.23. The molecular weight excluding hydrogens is 408 g/mol. The van der Waals surface area contributed by atoms with Crippen molar-refractivity contribution in [1.29, 1.82) is 0 Å². The molecule has 0 unspecified atom stereocenters. The Morgan fingerprint density at radius 3 is 2.53 bits per heavy atom. The van der Waals surface area contributed by atoms with Crippen LogP contribution < -0.4 is 15.6 Å². The van der Waals surface area contributed by atoms with Crippen molar-refractivity contribution in [1.82, 2.24) is 0 Å². The molecule has 0 amide bonds. The lowest BCUT2D eigenvalue weighted by molar-refractivity contribution is 0.0698. The number of benzene rings is 2. The van der Waals surface area contributed by atoms with Gasteiger partial charge in [-0.25, -0.2) is 4.79 Å². The molecule has 2 aromatic carbocycles. The summed E-state index contributed by atoms with van der Waals surface area (Å²) in [6, 6.07) is 10.6. The van der Waals surface area contributed by atoms with E-state index in [1.165, 1.54) is 18.2 Å². The highest BCUT2D eigenvalue weighted by Gasteiger charge is 2.27. The van der Waals surface area contributed by atoms with E-state index >= 15 is 0 Å².